The Hall–Kier alpha value is -1.06. The summed E-state index contributed by atoms with van der Waals surface area (Å²) in [5, 5.41) is 6.86. The van der Waals surface area contributed by atoms with E-state index in [0.29, 0.717) is 6.54 Å². The molecule has 0 unspecified atom stereocenters. The predicted octanol–water partition coefficient (Wildman–Crippen LogP) is 2.81. The predicted molar refractivity (Wildman–Crippen MR) is 128 cm³/mol. The summed E-state index contributed by atoms with van der Waals surface area (Å²) in [7, 11) is 1.66. The van der Waals surface area contributed by atoms with Gasteiger partial charge in [0.1, 0.15) is 0 Å². The first-order valence-corrected chi connectivity index (χ1v) is 9.95. The van der Waals surface area contributed by atoms with Crippen LogP contribution in [0.1, 0.15) is 26.3 Å². The number of nitrogens with one attached hydrogen (secondary N) is 2. The second kappa shape index (κ2) is 11.8. The number of hydrogen-bond donors (Lipinski definition) is 2. The first-order chi connectivity index (χ1) is 12.9. The van der Waals surface area contributed by atoms with Crippen LogP contribution in [0.2, 0.25) is 5.02 Å². The Balaban J connectivity index is 0.00000392. The third-order valence-electron chi connectivity index (χ3n) is 4.77. The summed E-state index contributed by atoms with van der Waals surface area (Å²) in [6.45, 7) is 11.8. The molecule has 1 saturated heterocycles. The molecule has 8 heteroatoms. The maximum atomic E-state index is 12.0. The van der Waals surface area contributed by atoms with Crippen LogP contribution >= 0.6 is 35.6 Å². The van der Waals surface area contributed by atoms with Crippen LogP contribution in [-0.4, -0.2) is 68.0 Å². The number of hydrogen-bond acceptors (Lipinski definition) is 3. The zero-order valence-corrected chi connectivity index (χ0v) is 20.4. The van der Waals surface area contributed by atoms with Crippen molar-refractivity contribution in [3.8, 4) is 0 Å². The number of benzene rings is 1. The van der Waals surface area contributed by atoms with E-state index >= 15 is 0 Å². The number of guanidine groups is 1. The molecule has 1 aromatic carbocycles. The lowest BCUT2D eigenvalue weighted by atomic mass is 9.93. The molecule has 0 spiro atoms. The highest BCUT2D eigenvalue weighted by Crippen LogP contribution is 2.17. The van der Waals surface area contributed by atoms with Gasteiger partial charge in [-0.25, -0.2) is 0 Å². The molecule has 1 amide bonds. The Labute approximate surface area is 191 Å². The maximum Gasteiger partial charge on any atom is 0.227 e. The Morgan fingerprint density at radius 2 is 1.93 bits per heavy atom. The summed E-state index contributed by atoms with van der Waals surface area (Å²) in [5.41, 5.74) is 0.716. The number of carbonyl (C=O) groups excluding carboxylic acids is 1. The van der Waals surface area contributed by atoms with Crippen LogP contribution in [0.3, 0.4) is 0 Å². The molecule has 1 fully saturated rings. The standard InChI is InChI=1S/C20H32ClN5O.HI/c1-5-23-19(24-15-20(2,3)18(27)22-4)26-11-9-25(10-12-26)14-16-7-6-8-17(21)13-16;/h6-8,13H,5,9-12,14-15H2,1-4H3,(H,22,27)(H,23,24);1H. The minimum Gasteiger partial charge on any atom is -0.359 e. The van der Waals surface area contributed by atoms with Crippen LogP contribution < -0.4 is 10.6 Å². The van der Waals surface area contributed by atoms with Gasteiger partial charge in [-0.3, -0.25) is 14.7 Å². The largest absolute Gasteiger partial charge is 0.359 e. The average Bonchev–Trinajstić information content (AvgIpc) is 2.65. The Morgan fingerprint density at radius 3 is 2.50 bits per heavy atom. The molecule has 2 N–H and O–H groups in total. The van der Waals surface area contributed by atoms with Crippen LogP contribution in [-0.2, 0) is 11.3 Å². The molecule has 28 heavy (non-hydrogen) atoms. The third-order valence-corrected chi connectivity index (χ3v) is 5.00. The van der Waals surface area contributed by atoms with Crippen LogP contribution in [0.25, 0.3) is 0 Å². The smallest absolute Gasteiger partial charge is 0.227 e. The van der Waals surface area contributed by atoms with Crippen LogP contribution in [0.5, 0.6) is 0 Å². The fourth-order valence-electron chi connectivity index (χ4n) is 3.12. The van der Waals surface area contributed by atoms with Gasteiger partial charge in [0.15, 0.2) is 5.96 Å². The molecule has 1 aliphatic heterocycles. The van der Waals surface area contributed by atoms with Crippen molar-refractivity contribution in [1.82, 2.24) is 20.4 Å². The molecule has 0 aliphatic carbocycles. The van der Waals surface area contributed by atoms with E-state index in [0.717, 1.165) is 50.3 Å². The van der Waals surface area contributed by atoms with Crippen molar-refractivity contribution < 1.29 is 4.79 Å². The first kappa shape index (κ1) is 25.0. The molecule has 0 radical (unpaired) electrons. The van der Waals surface area contributed by atoms with Gasteiger partial charge in [-0.05, 0) is 38.5 Å². The van der Waals surface area contributed by atoms with Gasteiger partial charge in [0.25, 0.3) is 0 Å². The van der Waals surface area contributed by atoms with E-state index in [1.54, 1.807) is 7.05 Å². The average molecular weight is 522 g/mol. The number of nitrogens with zero attached hydrogens (tertiary/aromatic N) is 3. The van der Waals surface area contributed by atoms with Crippen molar-refractivity contribution in [3.05, 3.63) is 34.9 Å². The van der Waals surface area contributed by atoms with E-state index in [1.807, 2.05) is 32.0 Å². The zero-order chi connectivity index (χ0) is 19.9. The number of carbonyl (C=O) groups is 1. The van der Waals surface area contributed by atoms with E-state index in [1.165, 1.54) is 5.56 Å². The Bertz CT molecular complexity index is 660. The molecule has 2 rings (SSSR count). The van der Waals surface area contributed by atoms with E-state index in [-0.39, 0.29) is 29.9 Å². The molecular formula is C20H33ClIN5O. The molecule has 0 bridgehead atoms. The molecule has 0 atom stereocenters. The van der Waals surface area contributed by atoms with Gasteiger partial charge >= 0.3 is 0 Å². The molecular weight excluding hydrogens is 489 g/mol. The van der Waals surface area contributed by atoms with Crippen molar-refractivity contribution in [3.63, 3.8) is 0 Å². The lowest BCUT2D eigenvalue weighted by Gasteiger charge is -2.37. The van der Waals surface area contributed by atoms with Gasteiger partial charge in [-0.1, -0.05) is 23.7 Å². The summed E-state index contributed by atoms with van der Waals surface area (Å²) < 4.78 is 0. The van der Waals surface area contributed by atoms with Crippen LogP contribution in [0.15, 0.2) is 29.3 Å². The van der Waals surface area contributed by atoms with E-state index in [2.05, 4.69) is 33.4 Å². The highest BCUT2D eigenvalue weighted by atomic mass is 127. The van der Waals surface area contributed by atoms with Gasteiger partial charge in [0.2, 0.25) is 5.91 Å². The molecule has 1 aromatic rings. The minimum absolute atomic E-state index is 0. The fraction of sp³-hybridized carbons (Fsp3) is 0.600. The topological polar surface area (TPSA) is 60.0 Å². The molecule has 1 heterocycles. The van der Waals surface area contributed by atoms with Crippen LogP contribution in [0, 0.1) is 5.41 Å². The number of amides is 1. The SMILES string of the molecule is CCNC(=NCC(C)(C)C(=O)NC)N1CCN(Cc2cccc(Cl)c2)CC1.I. The first-order valence-electron chi connectivity index (χ1n) is 9.58. The lowest BCUT2D eigenvalue weighted by Crippen LogP contribution is -2.52. The molecule has 1 aliphatic rings. The van der Waals surface area contributed by atoms with Gasteiger partial charge in [-0.2, -0.15) is 0 Å². The van der Waals surface area contributed by atoms with Crippen molar-refractivity contribution >= 4 is 47.4 Å². The summed E-state index contributed by atoms with van der Waals surface area (Å²) in [5.74, 6) is 0.894. The summed E-state index contributed by atoms with van der Waals surface area (Å²) in [4.78, 5) is 21.4. The third kappa shape index (κ3) is 7.40. The molecule has 6 nitrogen and oxygen atoms in total. The minimum atomic E-state index is -0.524. The normalized spacial score (nSPS) is 15.8. The highest BCUT2D eigenvalue weighted by molar-refractivity contribution is 14.0. The van der Waals surface area contributed by atoms with Crippen molar-refractivity contribution in [2.75, 3.05) is 46.3 Å². The van der Waals surface area contributed by atoms with E-state index in [9.17, 15) is 4.79 Å². The van der Waals surface area contributed by atoms with E-state index < -0.39 is 5.41 Å². The second-order valence-corrected chi connectivity index (χ2v) is 7.96. The van der Waals surface area contributed by atoms with Gasteiger partial charge < -0.3 is 15.5 Å². The fourth-order valence-corrected chi connectivity index (χ4v) is 3.33. The quantitative estimate of drug-likeness (QED) is 0.343. The van der Waals surface area contributed by atoms with Crippen LogP contribution in [0.4, 0.5) is 0 Å². The van der Waals surface area contributed by atoms with Crippen molar-refractivity contribution in [2.45, 2.75) is 27.3 Å². The monoisotopic (exact) mass is 521 g/mol. The maximum absolute atomic E-state index is 12.0. The number of rotatable bonds is 6. The summed E-state index contributed by atoms with van der Waals surface area (Å²) in [6.07, 6.45) is 0. The number of piperazine rings is 1. The molecule has 158 valence electrons. The van der Waals surface area contributed by atoms with E-state index in [4.69, 9.17) is 16.6 Å². The Kier molecular flexibility index (Phi) is 10.5. The zero-order valence-electron chi connectivity index (χ0n) is 17.3. The summed E-state index contributed by atoms with van der Waals surface area (Å²) >= 11 is 6.09. The van der Waals surface area contributed by atoms with Crippen molar-refractivity contribution in [2.24, 2.45) is 10.4 Å². The lowest BCUT2D eigenvalue weighted by molar-refractivity contribution is -0.128. The second-order valence-electron chi connectivity index (χ2n) is 7.53. The number of halogens is 2. The number of aliphatic imine (C=N–C) groups is 1. The van der Waals surface area contributed by atoms with Gasteiger partial charge in [-0.15, -0.1) is 24.0 Å². The Morgan fingerprint density at radius 1 is 1.25 bits per heavy atom. The highest BCUT2D eigenvalue weighted by Gasteiger charge is 2.27. The summed E-state index contributed by atoms with van der Waals surface area (Å²) in [6, 6.07) is 8.05. The molecule has 0 aromatic heterocycles. The molecule has 0 saturated carbocycles. The van der Waals surface area contributed by atoms with Gasteiger partial charge in [0, 0.05) is 51.3 Å². The van der Waals surface area contributed by atoms with Gasteiger partial charge in [0.05, 0.1) is 12.0 Å². The van der Waals surface area contributed by atoms with Crippen molar-refractivity contribution in [1.29, 1.82) is 0 Å².